The first kappa shape index (κ1) is 15.7. The predicted molar refractivity (Wildman–Crippen MR) is 86.6 cm³/mol. The van der Waals surface area contributed by atoms with Crippen molar-refractivity contribution in [3.63, 3.8) is 0 Å². The van der Waals surface area contributed by atoms with Gasteiger partial charge in [0, 0.05) is 13.2 Å². The number of nitrogens with zero attached hydrogens (tertiary/aromatic N) is 2. The number of hydrogen-bond donors (Lipinski definition) is 0. The Morgan fingerprint density at radius 2 is 2.08 bits per heavy atom. The van der Waals surface area contributed by atoms with Crippen molar-refractivity contribution in [3.8, 4) is 11.5 Å². The third-order valence-corrected chi connectivity index (χ3v) is 4.18. The zero-order valence-electron chi connectivity index (χ0n) is 13.6. The number of furan rings is 2. The summed E-state index contributed by atoms with van der Waals surface area (Å²) < 4.78 is 21.8. The number of ether oxygens (including phenoxy) is 1. The van der Waals surface area contributed by atoms with Gasteiger partial charge < -0.3 is 22.9 Å². The molecule has 7 heteroatoms. The molecule has 0 bridgehead atoms. The Balaban J connectivity index is 1.59. The van der Waals surface area contributed by atoms with Crippen molar-refractivity contribution in [1.82, 2.24) is 9.88 Å². The summed E-state index contributed by atoms with van der Waals surface area (Å²) in [6, 6.07) is 7.10. The second-order valence-corrected chi connectivity index (χ2v) is 5.91. The molecule has 0 saturated carbocycles. The van der Waals surface area contributed by atoms with Crippen LogP contribution in [0.5, 0.6) is 0 Å². The number of amides is 1. The van der Waals surface area contributed by atoms with Crippen LogP contribution in [0.3, 0.4) is 0 Å². The molecule has 0 N–H and O–H groups in total. The summed E-state index contributed by atoms with van der Waals surface area (Å²) in [5, 5.41) is 0. The van der Waals surface area contributed by atoms with Gasteiger partial charge in [-0.1, -0.05) is 0 Å². The fourth-order valence-corrected chi connectivity index (χ4v) is 2.97. The summed E-state index contributed by atoms with van der Waals surface area (Å²) in [7, 11) is 0. The molecular weight excluding hydrogens is 324 g/mol. The quantitative estimate of drug-likeness (QED) is 0.683. The van der Waals surface area contributed by atoms with E-state index in [9.17, 15) is 4.79 Å². The third-order valence-electron chi connectivity index (χ3n) is 4.18. The van der Waals surface area contributed by atoms with E-state index in [1.54, 1.807) is 29.4 Å². The molecule has 0 spiro atoms. The molecular formula is C18H18N2O5. The predicted octanol–water partition coefficient (Wildman–Crippen LogP) is 3.35. The third kappa shape index (κ3) is 3.36. The van der Waals surface area contributed by atoms with Crippen LogP contribution in [-0.2, 0) is 11.3 Å². The zero-order chi connectivity index (χ0) is 17.1. The van der Waals surface area contributed by atoms with E-state index in [2.05, 4.69) is 4.98 Å². The lowest BCUT2D eigenvalue weighted by Crippen LogP contribution is -2.37. The molecule has 25 heavy (non-hydrogen) atoms. The minimum atomic E-state index is -0.243. The zero-order valence-corrected chi connectivity index (χ0v) is 13.6. The molecule has 1 amide bonds. The van der Waals surface area contributed by atoms with Crippen molar-refractivity contribution in [2.45, 2.75) is 25.5 Å². The van der Waals surface area contributed by atoms with Crippen LogP contribution < -0.4 is 0 Å². The van der Waals surface area contributed by atoms with Gasteiger partial charge in [0.2, 0.25) is 5.76 Å². The van der Waals surface area contributed by atoms with E-state index in [1.807, 2.05) is 6.07 Å². The van der Waals surface area contributed by atoms with E-state index in [-0.39, 0.29) is 17.7 Å². The van der Waals surface area contributed by atoms with Gasteiger partial charge in [0.1, 0.15) is 5.76 Å². The summed E-state index contributed by atoms with van der Waals surface area (Å²) in [5.74, 6) is 1.25. The minimum absolute atomic E-state index is 0.0258. The molecule has 7 nitrogen and oxygen atoms in total. The molecule has 4 rings (SSSR count). The summed E-state index contributed by atoms with van der Waals surface area (Å²) in [6.45, 7) is 1.55. The number of aromatic nitrogens is 1. The van der Waals surface area contributed by atoms with Gasteiger partial charge in [0.15, 0.2) is 17.8 Å². The van der Waals surface area contributed by atoms with Crippen molar-refractivity contribution in [1.29, 1.82) is 0 Å². The molecule has 1 saturated heterocycles. The van der Waals surface area contributed by atoms with Crippen LogP contribution in [0.2, 0.25) is 0 Å². The highest BCUT2D eigenvalue weighted by Gasteiger charge is 2.29. The lowest BCUT2D eigenvalue weighted by atomic mass is 10.2. The first-order valence-electron chi connectivity index (χ1n) is 8.22. The molecule has 4 heterocycles. The smallest absolute Gasteiger partial charge is 0.277 e. The van der Waals surface area contributed by atoms with Gasteiger partial charge in [-0.2, -0.15) is 0 Å². The number of carbonyl (C=O) groups excluding carboxylic acids is 1. The molecule has 1 unspecified atom stereocenters. The van der Waals surface area contributed by atoms with E-state index in [4.69, 9.17) is 18.0 Å². The monoisotopic (exact) mass is 342 g/mol. The normalized spacial score (nSPS) is 17.0. The minimum Gasteiger partial charge on any atom is -0.467 e. The van der Waals surface area contributed by atoms with Crippen molar-refractivity contribution in [2.75, 3.05) is 13.2 Å². The molecule has 3 aromatic rings. The van der Waals surface area contributed by atoms with Gasteiger partial charge in [-0.05, 0) is 37.1 Å². The van der Waals surface area contributed by atoms with Crippen LogP contribution in [0, 0.1) is 0 Å². The highest BCUT2D eigenvalue weighted by Crippen LogP contribution is 2.26. The Morgan fingerprint density at radius 1 is 1.20 bits per heavy atom. The maximum atomic E-state index is 13.1. The first-order valence-corrected chi connectivity index (χ1v) is 8.22. The summed E-state index contributed by atoms with van der Waals surface area (Å²) in [4.78, 5) is 18.9. The van der Waals surface area contributed by atoms with Crippen LogP contribution >= 0.6 is 0 Å². The molecule has 1 aliphatic heterocycles. The number of carbonyl (C=O) groups is 1. The van der Waals surface area contributed by atoms with Gasteiger partial charge >= 0.3 is 0 Å². The second kappa shape index (κ2) is 6.98. The Bertz CT molecular complexity index is 801. The van der Waals surface area contributed by atoms with Gasteiger partial charge in [-0.3, -0.25) is 4.79 Å². The Hall–Kier alpha value is -2.80. The maximum Gasteiger partial charge on any atom is 0.277 e. The fraction of sp³-hybridized carbons (Fsp3) is 0.333. The van der Waals surface area contributed by atoms with Crippen LogP contribution in [-0.4, -0.2) is 35.0 Å². The highest BCUT2D eigenvalue weighted by atomic mass is 16.5. The van der Waals surface area contributed by atoms with Crippen molar-refractivity contribution < 1.29 is 22.8 Å². The lowest BCUT2D eigenvalue weighted by molar-refractivity contribution is 0.0487. The topological polar surface area (TPSA) is 81.9 Å². The van der Waals surface area contributed by atoms with Crippen LogP contribution in [0.25, 0.3) is 11.5 Å². The van der Waals surface area contributed by atoms with Crippen molar-refractivity contribution >= 4 is 5.91 Å². The van der Waals surface area contributed by atoms with Gasteiger partial charge in [-0.15, -0.1) is 0 Å². The van der Waals surface area contributed by atoms with Gasteiger partial charge in [-0.25, -0.2) is 4.98 Å². The first-order chi connectivity index (χ1) is 12.3. The van der Waals surface area contributed by atoms with E-state index >= 15 is 0 Å². The van der Waals surface area contributed by atoms with E-state index in [1.165, 1.54) is 12.7 Å². The Kier molecular flexibility index (Phi) is 4.39. The largest absolute Gasteiger partial charge is 0.467 e. The van der Waals surface area contributed by atoms with E-state index in [0.717, 1.165) is 19.4 Å². The SMILES string of the molecule is O=C(c1ncoc1-c1ccco1)N(Cc1ccco1)CC1CCCO1. The molecule has 1 fully saturated rings. The molecule has 0 radical (unpaired) electrons. The number of rotatable bonds is 6. The fourth-order valence-electron chi connectivity index (χ4n) is 2.97. The van der Waals surface area contributed by atoms with Gasteiger partial charge in [0.05, 0.1) is 25.2 Å². The molecule has 3 aromatic heterocycles. The summed E-state index contributed by atoms with van der Waals surface area (Å²) >= 11 is 0. The van der Waals surface area contributed by atoms with Gasteiger partial charge in [0.25, 0.3) is 5.91 Å². The molecule has 1 atom stereocenters. The van der Waals surface area contributed by atoms with E-state index in [0.29, 0.717) is 30.4 Å². The summed E-state index contributed by atoms with van der Waals surface area (Å²) in [5.41, 5.74) is 0.222. The van der Waals surface area contributed by atoms with Crippen molar-refractivity contribution in [2.24, 2.45) is 0 Å². The summed E-state index contributed by atoms with van der Waals surface area (Å²) in [6.07, 6.45) is 6.34. The highest BCUT2D eigenvalue weighted by molar-refractivity contribution is 5.97. The van der Waals surface area contributed by atoms with Crippen LogP contribution in [0.15, 0.2) is 56.4 Å². The Labute approximate surface area is 144 Å². The van der Waals surface area contributed by atoms with Crippen LogP contribution in [0.1, 0.15) is 29.1 Å². The molecule has 0 aromatic carbocycles. The number of hydrogen-bond acceptors (Lipinski definition) is 6. The molecule has 0 aliphatic carbocycles. The van der Waals surface area contributed by atoms with E-state index < -0.39 is 0 Å². The standard InChI is InChI=1S/C18H18N2O5/c21-18(16-17(25-12-19-16)15-6-3-9-24-15)20(10-13-4-1-7-22-13)11-14-5-2-8-23-14/h1,3-4,6-7,9,12,14H,2,5,8,10-11H2. The second-order valence-electron chi connectivity index (χ2n) is 5.91. The molecule has 130 valence electrons. The Morgan fingerprint density at radius 3 is 2.80 bits per heavy atom. The average Bonchev–Trinajstić information content (AvgIpc) is 3.41. The van der Waals surface area contributed by atoms with Crippen LogP contribution in [0.4, 0.5) is 0 Å². The average molecular weight is 342 g/mol. The maximum absolute atomic E-state index is 13.1. The van der Waals surface area contributed by atoms with Crippen molar-refractivity contribution in [3.05, 3.63) is 54.6 Å². The lowest BCUT2D eigenvalue weighted by Gasteiger charge is -2.24. The molecule has 1 aliphatic rings. The number of oxazole rings is 1.